The lowest BCUT2D eigenvalue weighted by molar-refractivity contribution is -0.156. The molecule has 0 saturated heterocycles. The van der Waals surface area contributed by atoms with Gasteiger partial charge in [0, 0.05) is 6.04 Å². The van der Waals surface area contributed by atoms with Crippen molar-refractivity contribution in [3.8, 4) is 5.75 Å². The molecule has 0 spiro atoms. The summed E-state index contributed by atoms with van der Waals surface area (Å²) in [5.74, 6) is -0.805. The van der Waals surface area contributed by atoms with Gasteiger partial charge in [-0.15, -0.1) is 0 Å². The molecular formula is C22H32N2O5. The topological polar surface area (TPSA) is 93.7 Å². The third-order valence-electron chi connectivity index (χ3n) is 4.93. The van der Waals surface area contributed by atoms with E-state index < -0.39 is 24.0 Å². The highest BCUT2D eigenvalue weighted by Crippen LogP contribution is 2.24. The van der Waals surface area contributed by atoms with Crippen molar-refractivity contribution in [2.45, 2.75) is 77.4 Å². The molecule has 3 amide bonds. The van der Waals surface area contributed by atoms with E-state index in [9.17, 15) is 14.4 Å². The highest BCUT2D eigenvalue weighted by Gasteiger charge is 2.22. The Bertz CT molecular complexity index is 703. The predicted molar refractivity (Wildman–Crippen MR) is 110 cm³/mol. The second-order valence-corrected chi connectivity index (χ2v) is 8.49. The molecule has 1 atom stereocenters. The number of esters is 1. The first-order valence-electron chi connectivity index (χ1n) is 10.2. The van der Waals surface area contributed by atoms with Crippen LogP contribution in [0.1, 0.15) is 65.4 Å². The number of carbonyl (C=O) groups excluding carboxylic acids is 3. The van der Waals surface area contributed by atoms with Crippen molar-refractivity contribution in [3.63, 3.8) is 0 Å². The standard InChI is InChI=1S/C22H32N2O5/c1-15(20(26)24-21(27)23-17-8-6-5-7-9-17)29-19(25)14-28-18-12-10-16(11-13-18)22(2,3)4/h10-13,15,17H,5-9,14H2,1-4H3,(H2,23,24,26,27)/t15-/m1/s1. The lowest BCUT2D eigenvalue weighted by Crippen LogP contribution is -2.48. The van der Waals surface area contributed by atoms with Crippen molar-refractivity contribution in [1.29, 1.82) is 0 Å². The first kappa shape index (κ1) is 22.7. The van der Waals surface area contributed by atoms with Crippen LogP contribution >= 0.6 is 0 Å². The lowest BCUT2D eigenvalue weighted by atomic mass is 9.87. The van der Waals surface area contributed by atoms with E-state index in [-0.39, 0.29) is 18.1 Å². The van der Waals surface area contributed by atoms with Crippen LogP contribution in [0.25, 0.3) is 0 Å². The third-order valence-corrected chi connectivity index (χ3v) is 4.93. The summed E-state index contributed by atoms with van der Waals surface area (Å²) in [6.45, 7) is 7.44. The monoisotopic (exact) mass is 404 g/mol. The fourth-order valence-electron chi connectivity index (χ4n) is 3.16. The number of benzene rings is 1. The number of hydrogen-bond donors (Lipinski definition) is 2. The fraction of sp³-hybridized carbons (Fsp3) is 0.591. The zero-order valence-corrected chi connectivity index (χ0v) is 17.7. The Morgan fingerprint density at radius 3 is 2.28 bits per heavy atom. The normalized spacial score (nSPS) is 15.9. The average Bonchev–Trinajstić information content (AvgIpc) is 2.66. The molecule has 2 N–H and O–H groups in total. The van der Waals surface area contributed by atoms with Crippen molar-refractivity contribution in [3.05, 3.63) is 29.8 Å². The Kier molecular flexibility index (Phi) is 8.05. The SMILES string of the molecule is C[C@@H](OC(=O)COc1ccc(C(C)(C)C)cc1)C(=O)NC(=O)NC1CCCCC1. The van der Waals surface area contributed by atoms with Gasteiger partial charge in [0.2, 0.25) is 0 Å². The third kappa shape index (κ3) is 7.75. The Balaban J connectivity index is 1.71. The van der Waals surface area contributed by atoms with E-state index in [1.807, 2.05) is 12.1 Å². The molecule has 1 fully saturated rings. The molecule has 2 rings (SSSR count). The molecule has 0 bridgehead atoms. The van der Waals surface area contributed by atoms with Crippen molar-refractivity contribution >= 4 is 17.9 Å². The van der Waals surface area contributed by atoms with Gasteiger partial charge < -0.3 is 14.8 Å². The van der Waals surface area contributed by atoms with Crippen molar-refractivity contribution in [1.82, 2.24) is 10.6 Å². The highest BCUT2D eigenvalue weighted by molar-refractivity contribution is 5.97. The number of rotatable bonds is 6. The Hall–Kier alpha value is -2.57. The molecule has 7 heteroatoms. The van der Waals surface area contributed by atoms with Gasteiger partial charge in [0.25, 0.3) is 5.91 Å². The van der Waals surface area contributed by atoms with Gasteiger partial charge in [0.15, 0.2) is 12.7 Å². The smallest absolute Gasteiger partial charge is 0.344 e. The van der Waals surface area contributed by atoms with Gasteiger partial charge >= 0.3 is 12.0 Å². The summed E-state index contributed by atoms with van der Waals surface area (Å²) in [5.41, 5.74) is 1.19. The van der Waals surface area contributed by atoms with Gasteiger partial charge in [-0.3, -0.25) is 10.1 Å². The summed E-state index contributed by atoms with van der Waals surface area (Å²) in [7, 11) is 0. The number of amides is 3. The van der Waals surface area contributed by atoms with Gasteiger partial charge in [-0.05, 0) is 42.9 Å². The molecular weight excluding hydrogens is 372 g/mol. The lowest BCUT2D eigenvalue weighted by Gasteiger charge is -2.23. The zero-order chi connectivity index (χ0) is 21.4. The Morgan fingerprint density at radius 1 is 1.07 bits per heavy atom. The molecule has 1 aliphatic carbocycles. The summed E-state index contributed by atoms with van der Waals surface area (Å²) in [5, 5.41) is 5.00. The van der Waals surface area contributed by atoms with E-state index in [0.717, 1.165) is 31.2 Å². The number of hydrogen-bond acceptors (Lipinski definition) is 5. The molecule has 160 valence electrons. The maximum absolute atomic E-state index is 12.0. The largest absolute Gasteiger partial charge is 0.482 e. The number of imide groups is 1. The second-order valence-electron chi connectivity index (χ2n) is 8.49. The number of nitrogens with one attached hydrogen (secondary N) is 2. The molecule has 0 aliphatic heterocycles. The molecule has 7 nitrogen and oxygen atoms in total. The van der Waals surface area contributed by atoms with E-state index in [0.29, 0.717) is 5.75 Å². The summed E-state index contributed by atoms with van der Waals surface area (Å²) >= 11 is 0. The summed E-state index contributed by atoms with van der Waals surface area (Å²) in [4.78, 5) is 35.9. The maximum Gasteiger partial charge on any atom is 0.344 e. The fourth-order valence-corrected chi connectivity index (χ4v) is 3.16. The molecule has 0 aromatic heterocycles. The number of ether oxygens (including phenoxy) is 2. The van der Waals surface area contributed by atoms with Crippen LogP contribution in [-0.2, 0) is 19.7 Å². The summed E-state index contributed by atoms with van der Waals surface area (Å²) in [6, 6.07) is 7.01. The van der Waals surface area contributed by atoms with E-state index in [1.165, 1.54) is 13.3 Å². The van der Waals surface area contributed by atoms with Crippen LogP contribution in [0.3, 0.4) is 0 Å². The maximum atomic E-state index is 12.0. The minimum atomic E-state index is -1.09. The molecule has 1 saturated carbocycles. The second kappa shape index (κ2) is 10.3. The summed E-state index contributed by atoms with van der Waals surface area (Å²) in [6.07, 6.45) is 4.07. The van der Waals surface area contributed by atoms with Crippen LogP contribution in [0.5, 0.6) is 5.75 Å². The van der Waals surface area contributed by atoms with Crippen LogP contribution in [0.15, 0.2) is 24.3 Å². The zero-order valence-electron chi connectivity index (χ0n) is 17.7. The Morgan fingerprint density at radius 2 is 1.69 bits per heavy atom. The molecule has 1 aromatic rings. The predicted octanol–water partition coefficient (Wildman–Crippen LogP) is 3.45. The van der Waals surface area contributed by atoms with Gasteiger partial charge in [-0.1, -0.05) is 52.2 Å². The Labute approximate surface area is 172 Å². The molecule has 29 heavy (non-hydrogen) atoms. The quantitative estimate of drug-likeness (QED) is 0.708. The summed E-state index contributed by atoms with van der Waals surface area (Å²) < 4.78 is 10.5. The number of carbonyl (C=O) groups is 3. The molecule has 0 unspecified atom stereocenters. The molecule has 1 aromatic carbocycles. The minimum absolute atomic E-state index is 0.0313. The van der Waals surface area contributed by atoms with Gasteiger partial charge in [-0.25, -0.2) is 9.59 Å². The van der Waals surface area contributed by atoms with Crippen LogP contribution in [0, 0.1) is 0 Å². The first-order valence-corrected chi connectivity index (χ1v) is 10.2. The van der Waals surface area contributed by atoms with E-state index in [4.69, 9.17) is 9.47 Å². The molecule has 1 aliphatic rings. The number of urea groups is 1. The van der Waals surface area contributed by atoms with Gasteiger partial charge in [0.1, 0.15) is 5.75 Å². The van der Waals surface area contributed by atoms with Crippen LogP contribution < -0.4 is 15.4 Å². The van der Waals surface area contributed by atoms with Crippen LogP contribution in [0.4, 0.5) is 4.79 Å². The van der Waals surface area contributed by atoms with Crippen molar-refractivity contribution in [2.75, 3.05) is 6.61 Å². The van der Waals surface area contributed by atoms with Crippen molar-refractivity contribution in [2.24, 2.45) is 0 Å². The van der Waals surface area contributed by atoms with Gasteiger partial charge in [0.05, 0.1) is 0 Å². The molecule has 0 heterocycles. The van der Waals surface area contributed by atoms with E-state index in [2.05, 4.69) is 31.4 Å². The van der Waals surface area contributed by atoms with Gasteiger partial charge in [-0.2, -0.15) is 0 Å². The van der Waals surface area contributed by atoms with Crippen molar-refractivity contribution < 1.29 is 23.9 Å². The first-order chi connectivity index (χ1) is 13.6. The molecule has 0 radical (unpaired) electrons. The van der Waals surface area contributed by atoms with Crippen LogP contribution in [0.2, 0.25) is 0 Å². The minimum Gasteiger partial charge on any atom is -0.482 e. The average molecular weight is 405 g/mol. The highest BCUT2D eigenvalue weighted by atomic mass is 16.6. The van der Waals surface area contributed by atoms with Crippen LogP contribution in [-0.4, -0.2) is 36.7 Å². The van der Waals surface area contributed by atoms with E-state index >= 15 is 0 Å². The van der Waals surface area contributed by atoms with E-state index in [1.54, 1.807) is 12.1 Å².